The number of rotatable bonds is 9. The van der Waals surface area contributed by atoms with Crippen molar-refractivity contribution in [3.63, 3.8) is 0 Å². The Morgan fingerprint density at radius 3 is 2.59 bits per heavy atom. The maximum absolute atomic E-state index is 13.3. The molecule has 194 valence electrons. The van der Waals surface area contributed by atoms with E-state index < -0.39 is 5.97 Å². The lowest BCUT2D eigenvalue weighted by Crippen LogP contribution is -2.30. The predicted molar refractivity (Wildman–Crippen MR) is 149 cm³/mol. The van der Waals surface area contributed by atoms with E-state index in [1.807, 2.05) is 49.4 Å². The van der Waals surface area contributed by atoms with Crippen LogP contribution in [0.3, 0.4) is 0 Å². The van der Waals surface area contributed by atoms with Gasteiger partial charge in [0.15, 0.2) is 0 Å². The van der Waals surface area contributed by atoms with Crippen molar-refractivity contribution in [3.05, 3.63) is 76.2 Å². The third-order valence-corrected chi connectivity index (χ3v) is 8.60. The van der Waals surface area contributed by atoms with Crippen molar-refractivity contribution in [3.8, 4) is 0 Å². The van der Waals surface area contributed by atoms with Gasteiger partial charge in [-0.1, -0.05) is 43.3 Å². The standard InChI is InChI=1S/C28H31N3O4S2/c1-4-23(36-21-12-8-11-20(15-21)29-18(2)32)26(33)30-27-25(28(34)35-3)22-13-14-31(17-24(22)37-27)16-19-9-6-5-7-10-19/h5-12,15,23H,4,13-14,16-17H2,1-3H3,(H,29,32)(H,30,33). The number of thioether (sulfide) groups is 1. The number of benzene rings is 2. The number of nitrogens with zero attached hydrogens (tertiary/aromatic N) is 1. The number of carbonyl (C=O) groups excluding carboxylic acids is 3. The number of fused-ring (bicyclic) bond motifs is 1. The van der Waals surface area contributed by atoms with Gasteiger partial charge in [-0.25, -0.2) is 4.79 Å². The monoisotopic (exact) mass is 537 g/mol. The number of methoxy groups -OCH3 is 1. The van der Waals surface area contributed by atoms with E-state index in [1.54, 1.807) is 0 Å². The van der Waals surface area contributed by atoms with Crippen molar-refractivity contribution in [1.82, 2.24) is 4.90 Å². The van der Waals surface area contributed by atoms with E-state index in [0.29, 0.717) is 22.7 Å². The molecule has 2 aromatic carbocycles. The third-order valence-electron chi connectivity index (χ3n) is 6.11. The van der Waals surface area contributed by atoms with E-state index in [9.17, 15) is 14.4 Å². The van der Waals surface area contributed by atoms with E-state index in [4.69, 9.17) is 4.74 Å². The Morgan fingerprint density at radius 1 is 1.11 bits per heavy atom. The molecular weight excluding hydrogens is 506 g/mol. The van der Waals surface area contributed by atoms with Gasteiger partial charge in [-0.3, -0.25) is 14.5 Å². The van der Waals surface area contributed by atoms with Crippen molar-refractivity contribution >= 4 is 51.6 Å². The molecule has 1 aromatic heterocycles. The van der Waals surface area contributed by atoms with Crippen molar-refractivity contribution in [2.24, 2.45) is 0 Å². The highest BCUT2D eigenvalue weighted by atomic mass is 32.2. The first-order valence-corrected chi connectivity index (χ1v) is 13.9. The van der Waals surface area contributed by atoms with Crippen molar-refractivity contribution < 1.29 is 19.1 Å². The lowest BCUT2D eigenvalue weighted by molar-refractivity contribution is -0.116. The molecule has 0 fully saturated rings. The number of esters is 1. The van der Waals surface area contributed by atoms with E-state index >= 15 is 0 Å². The van der Waals surface area contributed by atoms with Crippen LogP contribution >= 0.6 is 23.1 Å². The van der Waals surface area contributed by atoms with Crippen LogP contribution in [0.15, 0.2) is 59.5 Å². The van der Waals surface area contributed by atoms with E-state index in [2.05, 4.69) is 27.7 Å². The molecule has 7 nitrogen and oxygen atoms in total. The summed E-state index contributed by atoms with van der Waals surface area (Å²) >= 11 is 2.89. The average molecular weight is 538 g/mol. The Morgan fingerprint density at radius 2 is 1.89 bits per heavy atom. The number of anilines is 2. The fourth-order valence-electron chi connectivity index (χ4n) is 4.37. The van der Waals surface area contributed by atoms with Crippen LogP contribution in [0.2, 0.25) is 0 Å². The van der Waals surface area contributed by atoms with Crippen LogP contribution in [0.1, 0.15) is 46.6 Å². The van der Waals surface area contributed by atoms with Crippen LogP contribution in [-0.4, -0.2) is 41.6 Å². The number of ether oxygens (including phenoxy) is 1. The zero-order chi connectivity index (χ0) is 26.4. The molecule has 1 unspecified atom stereocenters. The van der Waals surface area contributed by atoms with Crippen LogP contribution in [0.5, 0.6) is 0 Å². The lowest BCUT2D eigenvalue weighted by atomic mass is 10.0. The molecule has 2 amide bonds. The Hall–Kier alpha value is -3.14. The SMILES string of the molecule is CCC(Sc1cccc(NC(C)=O)c1)C(=O)Nc1sc2c(c1C(=O)OC)CCN(Cc1ccccc1)C2. The van der Waals surface area contributed by atoms with Gasteiger partial charge < -0.3 is 15.4 Å². The Bertz CT molecular complexity index is 1280. The fraction of sp³-hybridized carbons (Fsp3) is 0.321. The van der Waals surface area contributed by atoms with Gasteiger partial charge in [-0.15, -0.1) is 23.1 Å². The minimum atomic E-state index is -0.423. The van der Waals surface area contributed by atoms with Crippen LogP contribution in [-0.2, 0) is 33.8 Å². The van der Waals surface area contributed by atoms with E-state index in [-0.39, 0.29) is 17.1 Å². The molecule has 37 heavy (non-hydrogen) atoms. The van der Waals surface area contributed by atoms with Gasteiger partial charge in [0.2, 0.25) is 11.8 Å². The quantitative estimate of drug-likeness (QED) is 0.274. The maximum Gasteiger partial charge on any atom is 0.341 e. The molecule has 0 saturated carbocycles. The maximum atomic E-state index is 13.3. The number of nitrogens with one attached hydrogen (secondary N) is 2. The highest BCUT2D eigenvalue weighted by Crippen LogP contribution is 2.39. The fourth-order valence-corrected chi connectivity index (χ4v) is 6.66. The van der Waals surface area contributed by atoms with Gasteiger partial charge >= 0.3 is 5.97 Å². The molecule has 0 radical (unpaired) electrons. The van der Waals surface area contributed by atoms with Gasteiger partial charge in [-0.2, -0.15) is 0 Å². The minimum Gasteiger partial charge on any atom is -0.465 e. The summed E-state index contributed by atoms with van der Waals surface area (Å²) in [6, 6.07) is 17.7. The summed E-state index contributed by atoms with van der Waals surface area (Å²) in [5, 5.41) is 5.99. The number of hydrogen-bond acceptors (Lipinski definition) is 7. The van der Waals surface area contributed by atoms with Crippen molar-refractivity contribution in [2.45, 2.75) is 49.9 Å². The van der Waals surface area contributed by atoms with Crippen molar-refractivity contribution in [2.75, 3.05) is 24.3 Å². The molecule has 2 heterocycles. The van der Waals surface area contributed by atoms with Gasteiger partial charge in [0.1, 0.15) is 5.00 Å². The summed E-state index contributed by atoms with van der Waals surface area (Å²) in [6.07, 6.45) is 1.32. The molecule has 3 aromatic rings. The van der Waals surface area contributed by atoms with Crippen LogP contribution in [0.25, 0.3) is 0 Å². The molecule has 1 aliphatic heterocycles. The number of amides is 2. The van der Waals surface area contributed by atoms with E-state index in [1.165, 1.54) is 42.7 Å². The first kappa shape index (κ1) is 26.9. The molecule has 2 N–H and O–H groups in total. The highest BCUT2D eigenvalue weighted by Gasteiger charge is 2.30. The summed E-state index contributed by atoms with van der Waals surface area (Å²) in [4.78, 5) is 41.8. The third kappa shape index (κ3) is 6.80. The smallest absolute Gasteiger partial charge is 0.341 e. The Labute approximate surface area is 225 Å². The predicted octanol–water partition coefficient (Wildman–Crippen LogP) is 5.56. The molecular formula is C28H31N3O4S2. The minimum absolute atomic E-state index is 0.147. The normalized spacial score (nSPS) is 13.9. The summed E-state index contributed by atoms with van der Waals surface area (Å²) in [5.74, 6) is -0.735. The van der Waals surface area contributed by atoms with Crippen LogP contribution in [0, 0.1) is 0 Å². The second kappa shape index (κ2) is 12.4. The van der Waals surface area contributed by atoms with E-state index in [0.717, 1.165) is 41.4 Å². The number of thiophene rings is 1. The lowest BCUT2D eigenvalue weighted by Gasteiger charge is -2.27. The summed E-state index contributed by atoms with van der Waals surface area (Å²) in [7, 11) is 1.37. The second-order valence-electron chi connectivity index (χ2n) is 8.86. The highest BCUT2D eigenvalue weighted by molar-refractivity contribution is 8.00. The zero-order valence-electron chi connectivity index (χ0n) is 21.2. The first-order chi connectivity index (χ1) is 17.9. The van der Waals surface area contributed by atoms with Crippen LogP contribution < -0.4 is 10.6 Å². The van der Waals surface area contributed by atoms with Gasteiger partial charge in [0, 0.05) is 42.0 Å². The van der Waals surface area contributed by atoms with Gasteiger partial charge in [-0.05, 0) is 42.2 Å². The molecule has 4 rings (SSSR count). The summed E-state index contributed by atoms with van der Waals surface area (Å²) in [5.41, 5.74) is 3.38. The Kier molecular flexibility index (Phi) is 9.02. The average Bonchev–Trinajstić information content (AvgIpc) is 3.24. The molecule has 9 heteroatoms. The second-order valence-corrected chi connectivity index (χ2v) is 11.2. The van der Waals surface area contributed by atoms with Gasteiger partial charge in [0.05, 0.1) is 17.9 Å². The largest absolute Gasteiger partial charge is 0.465 e. The first-order valence-electron chi connectivity index (χ1n) is 12.2. The molecule has 0 saturated heterocycles. The number of hydrogen-bond donors (Lipinski definition) is 2. The molecule has 0 aliphatic carbocycles. The topological polar surface area (TPSA) is 87.7 Å². The van der Waals surface area contributed by atoms with Gasteiger partial charge in [0.25, 0.3) is 0 Å². The molecule has 0 spiro atoms. The summed E-state index contributed by atoms with van der Waals surface area (Å²) in [6.45, 7) is 5.80. The molecule has 1 atom stereocenters. The number of carbonyl (C=O) groups is 3. The Balaban J connectivity index is 1.51. The van der Waals surface area contributed by atoms with Crippen LogP contribution in [0.4, 0.5) is 10.7 Å². The zero-order valence-corrected chi connectivity index (χ0v) is 22.8. The molecule has 1 aliphatic rings. The summed E-state index contributed by atoms with van der Waals surface area (Å²) < 4.78 is 5.10. The van der Waals surface area contributed by atoms with Crippen molar-refractivity contribution in [1.29, 1.82) is 0 Å². The molecule has 0 bridgehead atoms.